The standard InChI is InChI=1S/C16H20N4O4/c21-15(18-12-7-3-4-8-14(12)20(23)24)9-13-16(22)19-11-6-2-1-5-10(11)17-13/h3-4,7-8,10-11,13,17H,1-2,5-6,9H2,(H,18,21)(H,19,22). The lowest BCUT2D eigenvalue weighted by Gasteiger charge is -2.40. The number of hydrogen-bond donors (Lipinski definition) is 3. The van der Waals surface area contributed by atoms with Crippen LogP contribution in [0, 0.1) is 10.1 Å². The van der Waals surface area contributed by atoms with Gasteiger partial charge in [0.2, 0.25) is 11.8 Å². The number of para-hydroxylation sites is 2. The Labute approximate surface area is 139 Å². The first-order chi connectivity index (χ1) is 11.5. The summed E-state index contributed by atoms with van der Waals surface area (Å²) in [6, 6.07) is 5.68. The van der Waals surface area contributed by atoms with E-state index in [2.05, 4.69) is 16.0 Å². The highest BCUT2D eigenvalue weighted by molar-refractivity contribution is 5.97. The first-order valence-corrected chi connectivity index (χ1v) is 8.14. The number of amides is 2. The van der Waals surface area contributed by atoms with Crippen molar-refractivity contribution in [1.29, 1.82) is 0 Å². The Kier molecular flexibility index (Phi) is 4.75. The second kappa shape index (κ2) is 6.96. The number of rotatable bonds is 4. The normalized spacial score (nSPS) is 26.2. The van der Waals surface area contributed by atoms with Crippen LogP contribution in [0.3, 0.4) is 0 Å². The lowest BCUT2D eigenvalue weighted by molar-refractivity contribution is -0.383. The number of nitrogens with one attached hydrogen (secondary N) is 3. The van der Waals surface area contributed by atoms with Gasteiger partial charge in [-0.2, -0.15) is 0 Å². The molecule has 1 saturated carbocycles. The molecule has 2 amide bonds. The van der Waals surface area contributed by atoms with Crippen LogP contribution in [0.5, 0.6) is 0 Å². The summed E-state index contributed by atoms with van der Waals surface area (Å²) in [4.78, 5) is 34.8. The zero-order valence-corrected chi connectivity index (χ0v) is 13.2. The number of nitro benzene ring substituents is 1. The lowest BCUT2D eigenvalue weighted by Crippen LogP contribution is -2.65. The van der Waals surface area contributed by atoms with Gasteiger partial charge < -0.3 is 16.0 Å². The average molecular weight is 332 g/mol. The third-order valence-corrected chi connectivity index (χ3v) is 4.59. The van der Waals surface area contributed by atoms with Crippen LogP contribution in [0.4, 0.5) is 11.4 Å². The fourth-order valence-electron chi connectivity index (χ4n) is 3.40. The molecule has 8 nitrogen and oxygen atoms in total. The van der Waals surface area contributed by atoms with Gasteiger partial charge in [-0.1, -0.05) is 25.0 Å². The maximum atomic E-state index is 12.2. The van der Waals surface area contributed by atoms with Crippen LogP contribution in [-0.2, 0) is 9.59 Å². The van der Waals surface area contributed by atoms with Gasteiger partial charge in [0.1, 0.15) is 5.69 Å². The molecule has 1 aromatic carbocycles. The summed E-state index contributed by atoms with van der Waals surface area (Å²) in [5.41, 5.74) is -0.0292. The van der Waals surface area contributed by atoms with E-state index in [0.717, 1.165) is 25.7 Å². The van der Waals surface area contributed by atoms with Gasteiger partial charge in [0.05, 0.1) is 17.4 Å². The Morgan fingerprint density at radius 1 is 1.25 bits per heavy atom. The van der Waals surface area contributed by atoms with Crippen LogP contribution in [-0.4, -0.2) is 34.9 Å². The molecular weight excluding hydrogens is 312 g/mol. The van der Waals surface area contributed by atoms with Crippen molar-refractivity contribution >= 4 is 23.2 Å². The zero-order valence-electron chi connectivity index (χ0n) is 13.2. The summed E-state index contributed by atoms with van der Waals surface area (Å²) in [6.45, 7) is 0. The molecule has 0 spiro atoms. The van der Waals surface area contributed by atoms with Gasteiger partial charge in [0.25, 0.3) is 5.69 Å². The van der Waals surface area contributed by atoms with Crippen LogP contribution in [0.1, 0.15) is 32.1 Å². The number of piperazine rings is 1. The van der Waals surface area contributed by atoms with Gasteiger partial charge in [-0.3, -0.25) is 19.7 Å². The Balaban J connectivity index is 1.63. The summed E-state index contributed by atoms with van der Waals surface area (Å²) in [5.74, 6) is -0.609. The quantitative estimate of drug-likeness (QED) is 0.568. The number of benzene rings is 1. The van der Waals surface area contributed by atoms with Crippen molar-refractivity contribution in [3.63, 3.8) is 0 Å². The second-order valence-corrected chi connectivity index (χ2v) is 6.25. The van der Waals surface area contributed by atoms with Crippen molar-refractivity contribution in [2.24, 2.45) is 0 Å². The van der Waals surface area contributed by atoms with E-state index in [-0.39, 0.29) is 35.8 Å². The number of fused-ring (bicyclic) bond motifs is 1. The monoisotopic (exact) mass is 332 g/mol. The molecule has 3 rings (SSSR count). The largest absolute Gasteiger partial charge is 0.350 e. The lowest BCUT2D eigenvalue weighted by atomic mass is 9.87. The predicted octanol–water partition coefficient (Wildman–Crippen LogP) is 1.32. The number of carbonyl (C=O) groups is 2. The van der Waals surface area contributed by atoms with E-state index < -0.39 is 16.9 Å². The molecule has 0 aromatic heterocycles. The Morgan fingerprint density at radius 2 is 1.96 bits per heavy atom. The van der Waals surface area contributed by atoms with Crippen molar-refractivity contribution in [2.75, 3.05) is 5.32 Å². The summed E-state index contributed by atoms with van der Waals surface area (Å²) in [5, 5.41) is 19.7. The molecule has 24 heavy (non-hydrogen) atoms. The number of hydrogen-bond acceptors (Lipinski definition) is 5. The van der Waals surface area contributed by atoms with Gasteiger partial charge in [-0.05, 0) is 18.9 Å². The van der Waals surface area contributed by atoms with Gasteiger partial charge >= 0.3 is 0 Å². The van der Waals surface area contributed by atoms with E-state index in [4.69, 9.17) is 0 Å². The number of nitro groups is 1. The minimum Gasteiger partial charge on any atom is -0.350 e. The smallest absolute Gasteiger partial charge is 0.292 e. The molecule has 1 saturated heterocycles. The van der Waals surface area contributed by atoms with Crippen LogP contribution in [0.25, 0.3) is 0 Å². The molecule has 0 bridgehead atoms. The maximum Gasteiger partial charge on any atom is 0.292 e. The molecule has 3 N–H and O–H groups in total. The average Bonchev–Trinajstić information content (AvgIpc) is 2.55. The molecule has 3 unspecified atom stereocenters. The minimum atomic E-state index is -0.605. The van der Waals surface area contributed by atoms with Crippen LogP contribution in [0.15, 0.2) is 24.3 Å². The van der Waals surface area contributed by atoms with Crippen molar-refractivity contribution in [3.05, 3.63) is 34.4 Å². The van der Waals surface area contributed by atoms with E-state index in [1.54, 1.807) is 6.07 Å². The summed E-state index contributed by atoms with van der Waals surface area (Å²) in [7, 11) is 0. The van der Waals surface area contributed by atoms with Crippen LogP contribution in [0.2, 0.25) is 0 Å². The molecule has 1 aromatic rings. The number of nitrogens with zero attached hydrogens (tertiary/aromatic N) is 1. The Hall–Kier alpha value is -2.48. The minimum absolute atomic E-state index is 0.0545. The molecule has 128 valence electrons. The van der Waals surface area contributed by atoms with Gasteiger partial charge in [0.15, 0.2) is 0 Å². The van der Waals surface area contributed by atoms with Crippen LogP contribution >= 0.6 is 0 Å². The first-order valence-electron chi connectivity index (χ1n) is 8.14. The summed E-state index contributed by atoms with van der Waals surface area (Å²) in [6.07, 6.45) is 4.10. The highest BCUT2D eigenvalue weighted by Gasteiger charge is 2.37. The SMILES string of the molecule is O=C(CC1NC2CCCCC2NC1=O)Nc1ccccc1[N+](=O)[O-]. The molecule has 1 aliphatic carbocycles. The van der Waals surface area contributed by atoms with E-state index in [0.29, 0.717) is 0 Å². The molecule has 8 heteroatoms. The molecule has 3 atom stereocenters. The van der Waals surface area contributed by atoms with E-state index >= 15 is 0 Å². The molecule has 1 heterocycles. The maximum absolute atomic E-state index is 12.2. The second-order valence-electron chi connectivity index (χ2n) is 6.25. The number of anilines is 1. The van der Waals surface area contributed by atoms with Crippen LogP contribution < -0.4 is 16.0 Å². The van der Waals surface area contributed by atoms with Gasteiger partial charge in [0, 0.05) is 18.2 Å². The van der Waals surface area contributed by atoms with Crippen molar-refractivity contribution < 1.29 is 14.5 Å². The molecule has 1 aliphatic heterocycles. The summed E-state index contributed by atoms with van der Waals surface area (Å²) < 4.78 is 0. The van der Waals surface area contributed by atoms with E-state index in [1.165, 1.54) is 18.2 Å². The fraction of sp³-hybridized carbons (Fsp3) is 0.500. The molecule has 2 aliphatic rings. The van der Waals surface area contributed by atoms with E-state index in [1.807, 2.05) is 0 Å². The van der Waals surface area contributed by atoms with Gasteiger partial charge in [-0.25, -0.2) is 0 Å². The summed E-state index contributed by atoms with van der Waals surface area (Å²) >= 11 is 0. The molecule has 2 fully saturated rings. The third kappa shape index (κ3) is 3.53. The number of carbonyl (C=O) groups excluding carboxylic acids is 2. The Bertz CT molecular complexity index is 663. The van der Waals surface area contributed by atoms with E-state index in [9.17, 15) is 19.7 Å². The van der Waals surface area contributed by atoms with Crippen molar-refractivity contribution in [2.45, 2.75) is 50.2 Å². The topological polar surface area (TPSA) is 113 Å². The van der Waals surface area contributed by atoms with Crippen molar-refractivity contribution in [1.82, 2.24) is 10.6 Å². The molecular formula is C16H20N4O4. The highest BCUT2D eigenvalue weighted by Crippen LogP contribution is 2.25. The first kappa shape index (κ1) is 16.4. The fourth-order valence-corrected chi connectivity index (χ4v) is 3.40. The Morgan fingerprint density at radius 3 is 2.71 bits per heavy atom. The zero-order chi connectivity index (χ0) is 17.1. The predicted molar refractivity (Wildman–Crippen MR) is 87.5 cm³/mol. The highest BCUT2D eigenvalue weighted by atomic mass is 16.6. The van der Waals surface area contributed by atoms with Gasteiger partial charge in [-0.15, -0.1) is 0 Å². The third-order valence-electron chi connectivity index (χ3n) is 4.59. The molecule has 0 radical (unpaired) electrons. The van der Waals surface area contributed by atoms with Crippen molar-refractivity contribution in [3.8, 4) is 0 Å².